The van der Waals surface area contributed by atoms with Crippen LogP contribution >= 0.6 is 0 Å². The predicted octanol–water partition coefficient (Wildman–Crippen LogP) is 4.68. The fourth-order valence-corrected chi connectivity index (χ4v) is 2.87. The van der Waals surface area contributed by atoms with Gasteiger partial charge in [-0.15, -0.1) is 0 Å². The highest BCUT2D eigenvalue weighted by Gasteiger charge is 2.11. The average molecular weight is 269 g/mol. The van der Waals surface area contributed by atoms with Crippen molar-refractivity contribution in [2.45, 2.75) is 90.0 Å². The molecule has 0 spiro atoms. The second-order valence-electron chi connectivity index (χ2n) is 6.02. The molecule has 1 N–H and O–H groups in total. The molecule has 0 bridgehead atoms. The van der Waals surface area contributed by atoms with Crippen molar-refractivity contribution in [3.8, 4) is 0 Å². The van der Waals surface area contributed by atoms with Crippen molar-refractivity contribution >= 4 is 0 Å². The summed E-state index contributed by atoms with van der Waals surface area (Å²) in [7, 11) is 0. The van der Waals surface area contributed by atoms with Crippen molar-refractivity contribution in [2.24, 2.45) is 0 Å². The molecule has 1 fully saturated rings. The summed E-state index contributed by atoms with van der Waals surface area (Å²) in [4.78, 5) is 0. The molecule has 0 heterocycles. The van der Waals surface area contributed by atoms with E-state index in [0.29, 0.717) is 0 Å². The molecule has 0 aliphatic heterocycles. The third-order valence-corrected chi connectivity index (χ3v) is 4.15. The van der Waals surface area contributed by atoms with Crippen LogP contribution in [0.25, 0.3) is 0 Å². The first-order chi connectivity index (χ1) is 9.43. The highest BCUT2D eigenvalue weighted by Crippen LogP contribution is 2.17. The van der Waals surface area contributed by atoms with Crippen LogP contribution in [0.2, 0.25) is 0 Å². The molecule has 1 rings (SSSR count). The normalized spacial score (nSPS) is 16.9. The van der Waals surface area contributed by atoms with Crippen LogP contribution in [0.15, 0.2) is 0 Å². The van der Waals surface area contributed by atoms with Gasteiger partial charge in [-0.05, 0) is 32.2 Å². The SMILES string of the molecule is CCCCCCCCOCCCNC1CCCCC1. The van der Waals surface area contributed by atoms with E-state index in [9.17, 15) is 0 Å². The van der Waals surface area contributed by atoms with Gasteiger partial charge in [-0.1, -0.05) is 58.3 Å². The molecule has 0 radical (unpaired) electrons. The van der Waals surface area contributed by atoms with E-state index in [2.05, 4.69) is 12.2 Å². The zero-order chi connectivity index (χ0) is 13.6. The molecule has 0 aromatic heterocycles. The van der Waals surface area contributed by atoms with Crippen molar-refractivity contribution in [2.75, 3.05) is 19.8 Å². The fraction of sp³-hybridized carbons (Fsp3) is 1.00. The molecular weight excluding hydrogens is 234 g/mol. The van der Waals surface area contributed by atoms with Crippen LogP contribution in [0.1, 0.15) is 84.0 Å². The smallest absolute Gasteiger partial charge is 0.0478 e. The minimum Gasteiger partial charge on any atom is -0.381 e. The highest BCUT2D eigenvalue weighted by atomic mass is 16.5. The van der Waals surface area contributed by atoms with E-state index in [1.54, 1.807) is 0 Å². The summed E-state index contributed by atoms with van der Waals surface area (Å²) in [6, 6.07) is 0.798. The second kappa shape index (κ2) is 12.9. The molecule has 0 saturated heterocycles. The Kier molecular flexibility index (Phi) is 11.5. The topological polar surface area (TPSA) is 21.3 Å². The minimum atomic E-state index is 0.798. The van der Waals surface area contributed by atoms with Crippen molar-refractivity contribution in [1.82, 2.24) is 5.32 Å². The Balaban J connectivity index is 1.71. The van der Waals surface area contributed by atoms with Crippen molar-refractivity contribution in [3.63, 3.8) is 0 Å². The maximum absolute atomic E-state index is 5.69. The monoisotopic (exact) mass is 269 g/mol. The maximum Gasteiger partial charge on any atom is 0.0478 e. The Morgan fingerprint density at radius 2 is 1.53 bits per heavy atom. The lowest BCUT2D eigenvalue weighted by Gasteiger charge is -2.22. The highest BCUT2D eigenvalue weighted by molar-refractivity contribution is 4.71. The number of rotatable bonds is 12. The summed E-state index contributed by atoms with van der Waals surface area (Å²) in [6.07, 6.45) is 16.4. The molecule has 1 aliphatic rings. The first kappa shape index (κ1) is 17.0. The second-order valence-corrected chi connectivity index (χ2v) is 6.02. The molecule has 0 amide bonds. The van der Waals surface area contributed by atoms with Gasteiger partial charge in [0.25, 0.3) is 0 Å². The average Bonchev–Trinajstić information content (AvgIpc) is 2.46. The van der Waals surface area contributed by atoms with Crippen LogP contribution in [0.3, 0.4) is 0 Å². The summed E-state index contributed by atoms with van der Waals surface area (Å²) < 4.78 is 5.69. The van der Waals surface area contributed by atoms with Gasteiger partial charge in [-0.3, -0.25) is 0 Å². The molecule has 2 nitrogen and oxygen atoms in total. The molecule has 0 unspecified atom stereocenters. The number of ether oxygens (including phenoxy) is 1. The Bertz CT molecular complexity index is 178. The lowest BCUT2D eigenvalue weighted by molar-refractivity contribution is 0.126. The van der Waals surface area contributed by atoms with E-state index < -0.39 is 0 Å². The summed E-state index contributed by atoms with van der Waals surface area (Å²) >= 11 is 0. The van der Waals surface area contributed by atoms with Crippen LogP contribution in [-0.2, 0) is 4.74 Å². The Hall–Kier alpha value is -0.0800. The molecule has 0 aromatic rings. The number of nitrogens with one attached hydrogen (secondary N) is 1. The van der Waals surface area contributed by atoms with Gasteiger partial charge < -0.3 is 10.1 Å². The minimum absolute atomic E-state index is 0.798. The Labute approximate surface area is 120 Å². The Morgan fingerprint density at radius 3 is 2.32 bits per heavy atom. The zero-order valence-electron chi connectivity index (χ0n) is 13.1. The molecule has 1 aliphatic carbocycles. The first-order valence-electron chi connectivity index (χ1n) is 8.74. The number of hydrogen-bond donors (Lipinski definition) is 1. The van der Waals surface area contributed by atoms with Gasteiger partial charge >= 0.3 is 0 Å². The van der Waals surface area contributed by atoms with Crippen LogP contribution < -0.4 is 5.32 Å². The van der Waals surface area contributed by atoms with Gasteiger partial charge in [0.05, 0.1) is 0 Å². The summed E-state index contributed by atoms with van der Waals surface area (Å²) in [6.45, 7) is 5.32. The Morgan fingerprint density at radius 1 is 0.842 bits per heavy atom. The van der Waals surface area contributed by atoms with Gasteiger partial charge in [-0.2, -0.15) is 0 Å². The van der Waals surface area contributed by atoms with Crippen molar-refractivity contribution in [3.05, 3.63) is 0 Å². The largest absolute Gasteiger partial charge is 0.381 e. The lowest BCUT2D eigenvalue weighted by atomic mass is 9.95. The van der Waals surface area contributed by atoms with Crippen LogP contribution in [0.4, 0.5) is 0 Å². The fourth-order valence-electron chi connectivity index (χ4n) is 2.87. The van der Waals surface area contributed by atoms with Crippen molar-refractivity contribution < 1.29 is 4.74 Å². The summed E-state index contributed by atoms with van der Waals surface area (Å²) in [5.74, 6) is 0. The van der Waals surface area contributed by atoms with E-state index in [1.165, 1.54) is 77.0 Å². The molecule has 2 heteroatoms. The van der Waals surface area contributed by atoms with E-state index in [4.69, 9.17) is 4.74 Å². The molecule has 0 atom stereocenters. The van der Waals surface area contributed by atoms with E-state index in [-0.39, 0.29) is 0 Å². The molecule has 0 aromatic carbocycles. The quantitative estimate of drug-likeness (QED) is 0.520. The molecule has 114 valence electrons. The summed E-state index contributed by atoms with van der Waals surface area (Å²) in [5, 5.41) is 3.67. The van der Waals surface area contributed by atoms with Gasteiger partial charge in [-0.25, -0.2) is 0 Å². The third-order valence-electron chi connectivity index (χ3n) is 4.15. The van der Waals surface area contributed by atoms with Gasteiger partial charge in [0, 0.05) is 19.3 Å². The number of hydrogen-bond acceptors (Lipinski definition) is 2. The van der Waals surface area contributed by atoms with E-state index in [1.807, 2.05) is 0 Å². The lowest BCUT2D eigenvalue weighted by Crippen LogP contribution is -2.32. The van der Waals surface area contributed by atoms with Gasteiger partial charge in [0.1, 0.15) is 0 Å². The maximum atomic E-state index is 5.69. The molecular formula is C17H35NO. The standard InChI is InChI=1S/C17H35NO/c1-2-3-4-5-6-10-15-19-16-11-14-18-17-12-8-7-9-13-17/h17-18H,2-16H2,1H3. The third kappa shape index (κ3) is 10.4. The van der Waals surface area contributed by atoms with Crippen molar-refractivity contribution in [1.29, 1.82) is 0 Å². The molecule has 1 saturated carbocycles. The zero-order valence-corrected chi connectivity index (χ0v) is 13.1. The molecule has 19 heavy (non-hydrogen) atoms. The van der Waals surface area contributed by atoms with Crippen LogP contribution in [0, 0.1) is 0 Å². The summed E-state index contributed by atoms with van der Waals surface area (Å²) in [5.41, 5.74) is 0. The van der Waals surface area contributed by atoms with E-state index >= 15 is 0 Å². The van der Waals surface area contributed by atoms with Crippen LogP contribution in [0.5, 0.6) is 0 Å². The van der Waals surface area contributed by atoms with Crippen LogP contribution in [-0.4, -0.2) is 25.8 Å². The van der Waals surface area contributed by atoms with Gasteiger partial charge in [0.15, 0.2) is 0 Å². The van der Waals surface area contributed by atoms with E-state index in [0.717, 1.165) is 25.8 Å². The number of unbranched alkanes of at least 4 members (excludes halogenated alkanes) is 5. The van der Waals surface area contributed by atoms with Gasteiger partial charge in [0.2, 0.25) is 0 Å². The first-order valence-corrected chi connectivity index (χ1v) is 8.74. The predicted molar refractivity (Wildman–Crippen MR) is 83.7 cm³/mol.